The molecule has 0 saturated heterocycles. The first-order valence-corrected chi connectivity index (χ1v) is 7.17. The molecular formula is C17H32. The summed E-state index contributed by atoms with van der Waals surface area (Å²) in [5.41, 5.74) is 1.99. The van der Waals surface area contributed by atoms with Crippen molar-refractivity contribution < 1.29 is 0 Å². The van der Waals surface area contributed by atoms with Gasteiger partial charge in [0, 0.05) is 0 Å². The molecule has 0 radical (unpaired) electrons. The van der Waals surface area contributed by atoms with Crippen LogP contribution in [-0.2, 0) is 0 Å². The van der Waals surface area contributed by atoms with E-state index >= 15 is 0 Å². The van der Waals surface area contributed by atoms with Crippen molar-refractivity contribution in [3.8, 4) is 0 Å². The normalized spacial score (nSPS) is 17.5. The molecule has 0 bridgehead atoms. The fourth-order valence-electron chi connectivity index (χ4n) is 1.78. The molecule has 0 aromatic carbocycles. The highest BCUT2D eigenvalue weighted by Gasteiger charge is 2.16. The molecule has 100 valence electrons. The summed E-state index contributed by atoms with van der Waals surface area (Å²) in [6.45, 7) is 16.1. The van der Waals surface area contributed by atoms with Crippen LogP contribution in [0, 0.1) is 17.3 Å². The van der Waals surface area contributed by atoms with Crippen LogP contribution in [0.4, 0.5) is 0 Å². The van der Waals surface area contributed by atoms with Crippen LogP contribution in [0.1, 0.15) is 67.7 Å². The van der Waals surface area contributed by atoms with E-state index in [9.17, 15) is 0 Å². The highest BCUT2D eigenvalue weighted by atomic mass is 14.2. The van der Waals surface area contributed by atoms with Crippen molar-refractivity contribution >= 4 is 0 Å². The van der Waals surface area contributed by atoms with Crippen LogP contribution in [0.5, 0.6) is 0 Å². The topological polar surface area (TPSA) is 0 Å². The molecule has 0 aliphatic heterocycles. The second-order valence-corrected chi connectivity index (χ2v) is 6.56. The van der Waals surface area contributed by atoms with Gasteiger partial charge in [-0.25, -0.2) is 0 Å². The van der Waals surface area contributed by atoms with Crippen LogP contribution in [0.15, 0.2) is 23.8 Å². The minimum Gasteiger partial charge on any atom is -0.0817 e. The van der Waals surface area contributed by atoms with Crippen LogP contribution < -0.4 is 0 Å². The maximum absolute atomic E-state index is 2.35. The summed E-state index contributed by atoms with van der Waals surface area (Å²) in [6.07, 6.45) is 10.6. The summed E-state index contributed by atoms with van der Waals surface area (Å²) < 4.78 is 0. The van der Waals surface area contributed by atoms with Gasteiger partial charge in [0.1, 0.15) is 0 Å². The first-order valence-electron chi connectivity index (χ1n) is 7.17. The van der Waals surface area contributed by atoms with E-state index in [4.69, 9.17) is 0 Å². The Morgan fingerprint density at radius 2 is 1.65 bits per heavy atom. The minimum atomic E-state index is 0.388. The summed E-state index contributed by atoms with van der Waals surface area (Å²) in [5, 5.41) is 0. The summed E-state index contributed by atoms with van der Waals surface area (Å²) in [6, 6.07) is 0. The predicted molar refractivity (Wildman–Crippen MR) is 80.2 cm³/mol. The summed E-state index contributed by atoms with van der Waals surface area (Å²) in [4.78, 5) is 0. The van der Waals surface area contributed by atoms with Crippen molar-refractivity contribution in [3.05, 3.63) is 23.8 Å². The number of rotatable bonds is 6. The molecule has 0 nitrogen and oxygen atoms in total. The van der Waals surface area contributed by atoms with Crippen LogP contribution in [0.25, 0.3) is 0 Å². The van der Waals surface area contributed by atoms with Crippen LogP contribution >= 0.6 is 0 Å². The van der Waals surface area contributed by atoms with E-state index in [-0.39, 0.29) is 0 Å². The van der Waals surface area contributed by atoms with Crippen molar-refractivity contribution in [3.63, 3.8) is 0 Å². The molecule has 0 saturated carbocycles. The lowest BCUT2D eigenvalue weighted by Crippen LogP contribution is -2.10. The molecule has 0 aromatic rings. The fourth-order valence-corrected chi connectivity index (χ4v) is 1.78. The van der Waals surface area contributed by atoms with Gasteiger partial charge in [-0.2, -0.15) is 0 Å². The molecular weight excluding hydrogens is 204 g/mol. The van der Waals surface area contributed by atoms with E-state index < -0.39 is 0 Å². The molecule has 0 spiro atoms. The van der Waals surface area contributed by atoms with Gasteiger partial charge in [-0.05, 0) is 30.1 Å². The molecule has 17 heavy (non-hydrogen) atoms. The SMILES string of the molecule is CCC(C)/C=C\C=C(\CC(C)(C)C)C(C)CC. The van der Waals surface area contributed by atoms with Crippen molar-refractivity contribution in [2.45, 2.75) is 67.7 Å². The molecule has 0 aromatic heterocycles. The van der Waals surface area contributed by atoms with Crippen molar-refractivity contribution in [1.29, 1.82) is 0 Å². The molecule has 2 unspecified atom stereocenters. The Labute approximate surface area is 109 Å². The third kappa shape index (κ3) is 8.24. The lowest BCUT2D eigenvalue weighted by atomic mass is 9.82. The van der Waals surface area contributed by atoms with Gasteiger partial charge in [0.25, 0.3) is 0 Å². The van der Waals surface area contributed by atoms with E-state index in [1.165, 1.54) is 19.3 Å². The zero-order valence-electron chi connectivity index (χ0n) is 13.0. The molecule has 0 rings (SSSR count). The molecule has 0 aliphatic rings. The standard InChI is InChI=1S/C17H32/c1-8-14(3)11-10-12-16(15(4)9-2)13-17(5,6)7/h10-12,14-15H,8-9,13H2,1-7H3/b11-10-,16-12-. The molecule has 0 aliphatic carbocycles. The third-order valence-corrected chi connectivity index (χ3v) is 3.37. The van der Waals surface area contributed by atoms with Gasteiger partial charge in [0.05, 0.1) is 0 Å². The highest BCUT2D eigenvalue weighted by molar-refractivity contribution is 5.16. The number of hydrogen-bond donors (Lipinski definition) is 0. The van der Waals surface area contributed by atoms with E-state index in [0.717, 1.165) is 0 Å². The molecule has 0 fully saturated rings. The van der Waals surface area contributed by atoms with Crippen molar-refractivity contribution in [2.24, 2.45) is 17.3 Å². The largest absolute Gasteiger partial charge is 0.0817 e. The average molecular weight is 236 g/mol. The Morgan fingerprint density at radius 1 is 1.06 bits per heavy atom. The van der Waals surface area contributed by atoms with Gasteiger partial charge in [0.2, 0.25) is 0 Å². The van der Waals surface area contributed by atoms with Crippen molar-refractivity contribution in [2.75, 3.05) is 0 Å². The molecule has 0 amide bonds. The second-order valence-electron chi connectivity index (χ2n) is 6.56. The fraction of sp³-hybridized carbons (Fsp3) is 0.765. The molecule has 0 heteroatoms. The Balaban J connectivity index is 4.68. The molecule has 0 N–H and O–H groups in total. The summed E-state index contributed by atoms with van der Waals surface area (Å²) in [7, 11) is 0. The lowest BCUT2D eigenvalue weighted by molar-refractivity contribution is 0.389. The van der Waals surface area contributed by atoms with Crippen molar-refractivity contribution in [1.82, 2.24) is 0 Å². The Morgan fingerprint density at radius 3 is 2.06 bits per heavy atom. The Hall–Kier alpha value is -0.520. The zero-order chi connectivity index (χ0) is 13.5. The predicted octanol–water partition coefficient (Wildman–Crippen LogP) is 6.00. The molecule has 2 atom stereocenters. The van der Waals surface area contributed by atoms with Crippen LogP contribution in [-0.4, -0.2) is 0 Å². The first kappa shape index (κ1) is 16.5. The van der Waals surface area contributed by atoms with Gasteiger partial charge >= 0.3 is 0 Å². The van der Waals surface area contributed by atoms with Crippen LogP contribution in [0.2, 0.25) is 0 Å². The van der Waals surface area contributed by atoms with Gasteiger partial charge < -0.3 is 0 Å². The second kappa shape index (κ2) is 7.74. The van der Waals surface area contributed by atoms with Gasteiger partial charge in [-0.15, -0.1) is 0 Å². The van der Waals surface area contributed by atoms with E-state index in [2.05, 4.69) is 66.7 Å². The average Bonchev–Trinajstić information content (AvgIpc) is 2.24. The van der Waals surface area contributed by atoms with E-state index in [0.29, 0.717) is 17.3 Å². The smallest absolute Gasteiger partial charge is 0.0231 e. The van der Waals surface area contributed by atoms with Gasteiger partial charge in [-0.1, -0.05) is 78.7 Å². The minimum absolute atomic E-state index is 0.388. The Kier molecular flexibility index (Phi) is 7.50. The highest BCUT2D eigenvalue weighted by Crippen LogP contribution is 2.29. The zero-order valence-corrected chi connectivity index (χ0v) is 13.0. The monoisotopic (exact) mass is 236 g/mol. The summed E-state index contributed by atoms with van der Waals surface area (Å²) in [5.74, 6) is 1.40. The van der Waals surface area contributed by atoms with E-state index in [1.807, 2.05) is 0 Å². The third-order valence-electron chi connectivity index (χ3n) is 3.37. The number of hydrogen-bond acceptors (Lipinski definition) is 0. The maximum Gasteiger partial charge on any atom is -0.0231 e. The Bertz CT molecular complexity index is 250. The molecule has 0 heterocycles. The summed E-state index contributed by atoms with van der Waals surface area (Å²) >= 11 is 0. The quantitative estimate of drug-likeness (QED) is 0.496. The first-order chi connectivity index (χ1) is 7.80. The lowest BCUT2D eigenvalue weighted by Gasteiger charge is -2.23. The van der Waals surface area contributed by atoms with Gasteiger partial charge in [0.15, 0.2) is 0 Å². The number of allylic oxidation sites excluding steroid dienone is 4. The van der Waals surface area contributed by atoms with Crippen LogP contribution in [0.3, 0.4) is 0 Å². The van der Waals surface area contributed by atoms with Gasteiger partial charge in [-0.3, -0.25) is 0 Å². The van der Waals surface area contributed by atoms with E-state index in [1.54, 1.807) is 5.57 Å². The maximum atomic E-state index is 2.35.